The van der Waals surface area contributed by atoms with Crippen molar-refractivity contribution in [1.82, 2.24) is 0 Å². The summed E-state index contributed by atoms with van der Waals surface area (Å²) in [5.41, 5.74) is 17.8. The van der Waals surface area contributed by atoms with Gasteiger partial charge >= 0.3 is 0 Å². The van der Waals surface area contributed by atoms with Gasteiger partial charge in [0, 0.05) is 51.0 Å². The Bertz CT molecular complexity index is 3560. The molecule has 0 saturated carbocycles. The second kappa shape index (κ2) is 13.7. The van der Waals surface area contributed by atoms with Crippen LogP contribution in [-0.2, 0) is 10.8 Å². The topological polar surface area (TPSA) is 25.6 Å². The number of benzene rings is 9. The molecule has 3 nitrogen and oxygen atoms in total. The van der Waals surface area contributed by atoms with Crippen molar-refractivity contribution in [2.45, 2.75) is 17.3 Å². The van der Waals surface area contributed by atoms with E-state index in [0.29, 0.717) is 0 Å². The van der Waals surface area contributed by atoms with Crippen LogP contribution >= 0.6 is 0 Å². The molecule has 9 aromatic carbocycles. The molecule has 14 rings (SSSR count). The molecule has 1 unspecified atom stereocenters. The van der Waals surface area contributed by atoms with Gasteiger partial charge in [-0.15, -0.1) is 0 Å². The Hall–Kier alpha value is -8.14. The molecule has 3 heteroatoms. The van der Waals surface area contributed by atoms with E-state index in [1.165, 1.54) is 55.8 Å². The van der Waals surface area contributed by atoms with E-state index in [1.54, 1.807) is 0 Å². The number of rotatable bonds is 5. The Labute approximate surface area is 377 Å². The molecule has 3 aliphatic carbocycles. The summed E-state index contributed by atoms with van der Waals surface area (Å²) in [6.45, 7) is 0. The monoisotopic (exact) mass is 831 g/mol. The number of hydrogen-bond donors (Lipinski definition) is 0. The smallest absolute Gasteiger partial charge is 0.137 e. The van der Waals surface area contributed by atoms with Crippen LogP contribution in [0.5, 0.6) is 11.5 Å². The van der Waals surface area contributed by atoms with Gasteiger partial charge in [0.05, 0.1) is 10.8 Å². The number of para-hydroxylation sites is 3. The largest absolute Gasteiger partial charge is 0.457 e. The molecule has 1 aliphatic heterocycles. The third kappa shape index (κ3) is 4.85. The van der Waals surface area contributed by atoms with Gasteiger partial charge in [-0.25, -0.2) is 0 Å². The number of fused-ring (bicyclic) bond motifs is 15. The first-order valence-corrected chi connectivity index (χ1v) is 22.7. The van der Waals surface area contributed by atoms with Gasteiger partial charge in [0.25, 0.3) is 0 Å². The number of furan rings is 1. The van der Waals surface area contributed by atoms with Crippen LogP contribution in [0.2, 0.25) is 0 Å². The maximum absolute atomic E-state index is 6.75. The molecule has 0 saturated heterocycles. The molecule has 65 heavy (non-hydrogen) atoms. The molecule has 1 atom stereocenters. The summed E-state index contributed by atoms with van der Waals surface area (Å²) in [5, 5.41) is 2.23. The van der Waals surface area contributed by atoms with Crippen LogP contribution in [0.3, 0.4) is 0 Å². The average Bonchev–Trinajstić information content (AvgIpc) is 3.99. The van der Waals surface area contributed by atoms with E-state index in [0.717, 1.165) is 62.4 Å². The van der Waals surface area contributed by atoms with Crippen molar-refractivity contribution in [3.05, 3.63) is 275 Å². The summed E-state index contributed by atoms with van der Waals surface area (Å²) in [7, 11) is 0. The Morgan fingerprint density at radius 3 is 1.69 bits per heavy atom. The normalized spacial score (nSPS) is 16.5. The molecule has 0 bridgehead atoms. The summed E-state index contributed by atoms with van der Waals surface area (Å²) in [4.78, 5) is 2.54. The highest BCUT2D eigenvalue weighted by Crippen LogP contribution is 2.64. The minimum Gasteiger partial charge on any atom is -0.457 e. The van der Waals surface area contributed by atoms with Crippen molar-refractivity contribution in [3.8, 4) is 33.8 Å². The zero-order valence-corrected chi connectivity index (χ0v) is 35.5. The highest BCUT2D eigenvalue weighted by Gasteiger charge is 2.54. The predicted octanol–water partition coefficient (Wildman–Crippen LogP) is 15.7. The second-order valence-corrected chi connectivity index (χ2v) is 17.8. The first-order valence-electron chi connectivity index (χ1n) is 22.7. The summed E-state index contributed by atoms with van der Waals surface area (Å²) in [5.74, 6) is 1.76. The fourth-order valence-corrected chi connectivity index (χ4v) is 12.4. The Kier molecular flexibility index (Phi) is 7.65. The van der Waals surface area contributed by atoms with E-state index in [1.807, 2.05) is 6.07 Å². The van der Waals surface area contributed by atoms with Gasteiger partial charge in [0.2, 0.25) is 0 Å². The molecule has 0 radical (unpaired) electrons. The highest BCUT2D eigenvalue weighted by atomic mass is 16.5. The van der Waals surface area contributed by atoms with E-state index in [-0.39, 0.29) is 5.92 Å². The number of nitrogens with zero attached hydrogens (tertiary/aromatic N) is 1. The lowest BCUT2D eigenvalue weighted by atomic mass is 9.61. The van der Waals surface area contributed by atoms with Gasteiger partial charge in [-0.1, -0.05) is 176 Å². The van der Waals surface area contributed by atoms with Gasteiger partial charge in [0.15, 0.2) is 0 Å². The van der Waals surface area contributed by atoms with Gasteiger partial charge in [0.1, 0.15) is 22.7 Å². The molecule has 1 spiro atoms. The Morgan fingerprint density at radius 2 is 0.969 bits per heavy atom. The van der Waals surface area contributed by atoms with Gasteiger partial charge < -0.3 is 14.1 Å². The van der Waals surface area contributed by atoms with Crippen molar-refractivity contribution in [3.63, 3.8) is 0 Å². The number of hydrogen-bond acceptors (Lipinski definition) is 3. The highest BCUT2D eigenvalue weighted by molar-refractivity contribution is 6.06. The van der Waals surface area contributed by atoms with E-state index in [4.69, 9.17) is 9.15 Å². The van der Waals surface area contributed by atoms with Gasteiger partial charge in [-0.3, -0.25) is 0 Å². The van der Waals surface area contributed by atoms with Crippen molar-refractivity contribution < 1.29 is 9.15 Å². The number of allylic oxidation sites excluding steroid dienone is 4. The van der Waals surface area contributed by atoms with Crippen LogP contribution in [0.1, 0.15) is 45.4 Å². The standard InChI is InChI=1S/C62H41NO2/c1-2-18-40(19-3-1)61(49-24-8-4-20-43(49)44-21-5-9-25-50(44)61)52-27-11-14-30-56(52)63(42-35-37-48-47-23-7-15-31-57(47)64-60(48)39-42)41-34-36-46-45-22-6-10-26-51(45)62(55(46)38-41)53-28-12-16-32-58(53)65-59-33-17-13-29-54(59)62/h1-26,28-39,52H,27H2. The van der Waals surface area contributed by atoms with Gasteiger partial charge in [-0.2, -0.15) is 0 Å². The molecule has 0 fully saturated rings. The minimum atomic E-state index is -0.615. The summed E-state index contributed by atoms with van der Waals surface area (Å²) >= 11 is 0. The van der Waals surface area contributed by atoms with Crippen LogP contribution in [-0.4, -0.2) is 0 Å². The lowest BCUT2D eigenvalue weighted by Gasteiger charge is -2.45. The first-order chi connectivity index (χ1) is 32.2. The molecule has 1 aromatic heterocycles. The molecule has 0 N–H and O–H groups in total. The zero-order chi connectivity index (χ0) is 42.7. The summed E-state index contributed by atoms with van der Waals surface area (Å²) in [6.07, 6.45) is 7.85. The predicted molar refractivity (Wildman–Crippen MR) is 263 cm³/mol. The van der Waals surface area contributed by atoms with Crippen molar-refractivity contribution in [1.29, 1.82) is 0 Å². The van der Waals surface area contributed by atoms with Crippen LogP contribution in [0, 0.1) is 5.92 Å². The fourth-order valence-electron chi connectivity index (χ4n) is 12.4. The lowest BCUT2D eigenvalue weighted by molar-refractivity contribution is 0.429. The SMILES string of the molecule is C1=CCC(C2(c3ccccc3)c3ccccc3-c3ccccc32)C(N(c2ccc3c(c2)C2(c4ccccc4Oc4ccccc42)c2ccccc2-3)c2ccc3c(c2)oc2ccccc23)=C1. The van der Waals surface area contributed by atoms with Crippen LogP contribution in [0.25, 0.3) is 44.2 Å². The fraction of sp³-hybridized carbons (Fsp3) is 0.0645. The van der Waals surface area contributed by atoms with Gasteiger partial charge in [-0.05, 0) is 105 Å². The number of anilines is 2. The van der Waals surface area contributed by atoms with E-state index in [2.05, 4.69) is 229 Å². The van der Waals surface area contributed by atoms with Crippen molar-refractivity contribution in [2.24, 2.45) is 5.92 Å². The third-order valence-corrected chi connectivity index (χ3v) is 14.8. The Balaban J connectivity index is 1.06. The van der Waals surface area contributed by atoms with E-state index >= 15 is 0 Å². The van der Waals surface area contributed by atoms with Crippen LogP contribution < -0.4 is 9.64 Å². The second-order valence-electron chi connectivity index (χ2n) is 17.8. The zero-order valence-electron chi connectivity index (χ0n) is 35.5. The Morgan fingerprint density at radius 1 is 0.431 bits per heavy atom. The average molecular weight is 832 g/mol. The molecule has 4 aliphatic rings. The number of ether oxygens (including phenoxy) is 1. The maximum Gasteiger partial charge on any atom is 0.137 e. The molecular weight excluding hydrogens is 791 g/mol. The third-order valence-electron chi connectivity index (χ3n) is 14.8. The summed E-state index contributed by atoms with van der Waals surface area (Å²) in [6, 6.07) is 78.0. The van der Waals surface area contributed by atoms with Crippen LogP contribution in [0.15, 0.2) is 241 Å². The minimum absolute atomic E-state index is 0.00462. The molecule has 2 heterocycles. The first kappa shape index (κ1) is 36.4. The van der Waals surface area contributed by atoms with E-state index in [9.17, 15) is 0 Å². The lowest BCUT2D eigenvalue weighted by Crippen LogP contribution is -2.41. The molecular formula is C62H41NO2. The summed E-state index contributed by atoms with van der Waals surface area (Å²) < 4.78 is 13.4. The molecule has 0 amide bonds. The maximum atomic E-state index is 6.75. The quantitative estimate of drug-likeness (QED) is 0.173. The van der Waals surface area contributed by atoms with E-state index < -0.39 is 10.8 Å². The van der Waals surface area contributed by atoms with Crippen LogP contribution in [0.4, 0.5) is 11.4 Å². The van der Waals surface area contributed by atoms with Crippen molar-refractivity contribution in [2.75, 3.05) is 4.90 Å². The molecule has 306 valence electrons. The van der Waals surface area contributed by atoms with Crippen molar-refractivity contribution >= 4 is 33.3 Å². The molecule has 10 aromatic rings.